The Morgan fingerprint density at radius 2 is 2.47 bits per heavy atom. The number of hydrogen-bond acceptors (Lipinski definition) is 4. The Morgan fingerprint density at radius 3 is 3.26 bits per heavy atom. The van der Waals surface area contributed by atoms with Gasteiger partial charge in [0, 0.05) is 25.7 Å². The monoisotopic (exact) mass is 264 g/mol. The van der Waals surface area contributed by atoms with E-state index in [1.54, 1.807) is 0 Å². The summed E-state index contributed by atoms with van der Waals surface area (Å²) >= 11 is 0. The largest absolute Gasteiger partial charge is 0.369 e. The standard InChI is InChI=1S/C14H24N4O/c1-2-17-6-3-4-12(17)10-18-11-16-8-13(18)14-9-15-5-7-19-14/h8,11-12,14-15H,2-7,9-10H2,1H3. The molecule has 1 aromatic rings. The van der Waals surface area contributed by atoms with Crippen LogP contribution in [0.3, 0.4) is 0 Å². The maximum atomic E-state index is 5.84. The van der Waals surface area contributed by atoms with Crippen LogP contribution in [-0.2, 0) is 11.3 Å². The van der Waals surface area contributed by atoms with E-state index >= 15 is 0 Å². The predicted octanol–water partition coefficient (Wildman–Crippen LogP) is 1.03. The van der Waals surface area contributed by atoms with Gasteiger partial charge in [0.1, 0.15) is 6.10 Å². The van der Waals surface area contributed by atoms with Gasteiger partial charge in [-0.1, -0.05) is 6.92 Å². The molecule has 19 heavy (non-hydrogen) atoms. The SMILES string of the molecule is CCN1CCCC1Cn1cncc1C1CNCCO1. The number of morpholine rings is 1. The lowest BCUT2D eigenvalue weighted by atomic mass is 10.2. The van der Waals surface area contributed by atoms with Crippen molar-refractivity contribution in [3.05, 3.63) is 18.2 Å². The molecule has 5 nitrogen and oxygen atoms in total. The molecule has 2 aliphatic heterocycles. The predicted molar refractivity (Wildman–Crippen MR) is 74.1 cm³/mol. The fourth-order valence-corrected chi connectivity index (χ4v) is 3.25. The number of likely N-dealkylation sites (N-methyl/N-ethyl adjacent to an activating group) is 1. The quantitative estimate of drug-likeness (QED) is 0.882. The topological polar surface area (TPSA) is 42.3 Å². The highest BCUT2D eigenvalue weighted by Crippen LogP contribution is 2.22. The molecule has 2 aliphatic rings. The highest BCUT2D eigenvalue weighted by Gasteiger charge is 2.26. The number of nitrogens with zero attached hydrogens (tertiary/aromatic N) is 3. The van der Waals surface area contributed by atoms with Crippen molar-refractivity contribution in [2.45, 2.75) is 38.5 Å². The molecule has 0 saturated carbocycles. The molecule has 3 rings (SSSR count). The lowest BCUT2D eigenvalue weighted by Crippen LogP contribution is -2.36. The first kappa shape index (κ1) is 13.1. The number of hydrogen-bond donors (Lipinski definition) is 1. The zero-order valence-corrected chi connectivity index (χ0v) is 11.7. The van der Waals surface area contributed by atoms with E-state index in [1.165, 1.54) is 25.1 Å². The molecule has 2 atom stereocenters. The van der Waals surface area contributed by atoms with Crippen LogP contribution in [0.25, 0.3) is 0 Å². The highest BCUT2D eigenvalue weighted by molar-refractivity contribution is 5.05. The summed E-state index contributed by atoms with van der Waals surface area (Å²) in [6.07, 6.45) is 6.70. The van der Waals surface area contributed by atoms with Crippen LogP contribution in [0.1, 0.15) is 31.6 Å². The van der Waals surface area contributed by atoms with Crippen molar-refractivity contribution in [3.8, 4) is 0 Å². The summed E-state index contributed by atoms with van der Waals surface area (Å²) in [4.78, 5) is 6.90. The van der Waals surface area contributed by atoms with Gasteiger partial charge in [-0.15, -0.1) is 0 Å². The lowest BCUT2D eigenvalue weighted by Gasteiger charge is -2.27. The van der Waals surface area contributed by atoms with Crippen molar-refractivity contribution in [3.63, 3.8) is 0 Å². The van der Waals surface area contributed by atoms with E-state index in [4.69, 9.17) is 4.74 Å². The Morgan fingerprint density at radius 1 is 1.53 bits per heavy atom. The third-order valence-electron chi connectivity index (χ3n) is 4.31. The molecule has 3 heterocycles. The minimum absolute atomic E-state index is 0.160. The molecule has 2 saturated heterocycles. The average Bonchev–Trinajstić information content (AvgIpc) is 3.09. The summed E-state index contributed by atoms with van der Waals surface area (Å²) in [5, 5.41) is 3.39. The maximum Gasteiger partial charge on any atom is 0.111 e. The van der Waals surface area contributed by atoms with Crippen LogP contribution in [-0.4, -0.2) is 53.3 Å². The molecule has 0 radical (unpaired) electrons. The number of aromatic nitrogens is 2. The van der Waals surface area contributed by atoms with Gasteiger partial charge in [-0.2, -0.15) is 0 Å². The van der Waals surface area contributed by atoms with Crippen LogP contribution < -0.4 is 5.32 Å². The van der Waals surface area contributed by atoms with E-state index in [2.05, 4.69) is 26.7 Å². The first-order chi connectivity index (χ1) is 9.38. The molecule has 1 aromatic heterocycles. The van der Waals surface area contributed by atoms with Crippen molar-refractivity contribution in [2.75, 3.05) is 32.8 Å². The number of imidazole rings is 1. The van der Waals surface area contributed by atoms with Gasteiger partial charge in [-0.05, 0) is 25.9 Å². The van der Waals surface area contributed by atoms with E-state index in [1.807, 2.05) is 12.5 Å². The summed E-state index contributed by atoms with van der Waals surface area (Å²) in [5.41, 5.74) is 1.22. The van der Waals surface area contributed by atoms with Gasteiger partial charge in [0.25, 0.3) is 0 Å². The molecule has 106 valence electrons. The van der Waals surface area contributed by atoms with E-state index in [0.29, 0.717) is 6.04 Å². The van der Waals surface area contributed by atoms with Gasteiger partial charge < -0.3 is 14.6 Å². The summed E-state index contributed by atoms with van der Waals surface area (Å²) in [6, 6.07) is 0.662. The van der Waals surface area contributed by atoms with Gasteiger partial charge in [-0.25, -0.2) is 4.98 Å². The number of ether oxygens (including phenoxy) is 1. The molecule has 0 bridgehead atoms. The number of rotatable bonds is 4. The molecule has 0 aromatic carbocycles. The number of nitrogens with one attached hydrogen (secondary N) is 1. The van der Waals surface area contributed by atoms with Crippen LogP contribution >= 0.6 is 0 Å². The molecule has 0 spiro atoms. The minimum atomic E-state index is 0.160. The van der Waals surface area contributed by atoms with Crippen molar-refractivity contribution in [1.82, 2.24) is 19.8 Å². The van der Waals surface area contributed by atoms with Crippen molar-refractivity contribution >= 4 is 0 Å². The zero-order chi connectivity index (χ0) is 13.1. The molecule has 0 amide bonds. The average molecular weight is 264 g/mol. The summed E-state index contributed by atoms with van der Waals surface area (Å²) in [5.74, 6) is 0. The normalized spacial score (nSPS) is 28.9. The van der Waals surface area contributed by atoms with Gasteiger partial charge in [0.2, 0.25) is 0 Å². The van der Waals surface area contributed by atoms with Gasteiger partial charge in [-0.3, -0.25) is 4.90 Å². The van der Waals surface area contributed by atoms with Crippen LogP contribution in [0.5, 0.6) is 0 Å². The third kappa shape index (κ3) is 2.83. The van der Waals surface area contributed by atoms with Gasteiger partial charge >= 0.3 is 0 Å². The molecular weight excluding hydrogens is 240 g/mol. The molecular formula is C14H24N4O. The Hall–Kier alpha value is -0.910. The van der Waals surface area contributed by atoms with Crippen LogP contribution in [0, 0.1) is 0 Å². The Bertz CT molecular complexity index is 400. The first-order valence-electron chi connectivity index (χ1n) is 7.45. The smallest absolute Gasteiger partial charge is 0.111 e. The molecule has 1 N–H and O–H groups in total. The second kappa shape index (κ2) is 6.03. The zero-order valence-electron chi connectivity index (χ0n) is 11.7. The Balaban J connectivity index is 1.69. The highest BCUT2D eigenvalue weighted by atomic mass is 16.5. The lowest BCUT2D eigenvalue weighted by molar-refractivity contribution is 0.0221. The molecule has 2 fully saturated rings. The van der Waals surface area contributed by atoms with Crippen LogP contribution in [0.2, 0.25) is 0 Å². The summed E-state index contributed by atoms with van der Waals surface area (Å²) < 4.78 is 8.13. The third-order valence-corrected chi connectivity index (χ3v) is 4.31. The Labute approximate surface area is 114 Å². The summed E-state index contributed by atoms with van der Waals surface area (Å²) in [6.45, 7) is 8.33. The van der Waals surface area contributed by atoms with E-state index in [-0.39, 0.29) is 6.10 Å². The minimum Gasteiger partial charge on any atom is -0.369 e. The molecule has 0 aliphatic carbocycles. The maximum absolute atomic E-state index is 5.84. The number of likely N-dealkylation sites (tertiary alicyclic amines) is 1. The van der Waals surface area contributed by atoms with Crippen molar-refractivity contribution in [2.24, 2.45) is 0 Å². The first-order valence-corrected chi connectivity index (χ1v) is 7.45. The Kier molecular flexibility index (Phi) is 4.15. The summed E-state index contributed by atoms with van der Waals surface area (Å²) in [7, 11) is 0. The van der Waals surface area contributed by atoms with Crippen molar-refractivity contribution in [1.29, 1.82) is 0 Å². The van der Waals surface area contributed by atoms with E-state index in [0.717, 1.165) is 32.8 Å². The van der Waals surface area contributed by atoms with Crippen molar-refractivity contribution < 1.29 is 4.74 Å². The van der Waals surface area contributed by atoms with E-state index in [9.17, 15) is 0 Å². The second-order valence-corrected chi connectivity index (χ2v) is 5.46. The van der Waals surface area contributed by atoms with Gasteiger partial charge in [0.15, 0.2) is 0 Å². The van der Waals surface area contributed by atoms with Crippen LogP contribution in [0.4, 0.5) is 0 Å². The second-order valence-electron chi connectivity index (χ2n) is 5.46. The molecule has 5 heteroatoms. The molecule has 2 unspecified atom stereocenters. The van der Waals surface area contributed by atoms with E-state index < -0.39 is 0 Å². The fraction of sp³-hybridized carbons (Fsp3) is 0.786. The fourth-order valence-electron chi connectivity index (χ4n) is 3.25. The van der Waals surface area contributed by atoms with Gasteiger partial charge in [0.05, 0.1) is 24.8 Å². The van der Waals surface area contributed by atoms with Crippen LogP contribution in [0.15, 0.2) is 12.5 Å².